The average molecular weight is 361 g/mol. The minimum Gasteiger partial charge on any atom is -0.364 e. The van der Waals surface area contributed by atoms with Gasteiger partial charge in [-0.1, -0.05) is 30.4 Å². The second kappa shape index (κ2) is 7.90. The first-order valence-electron chi connectivity index (χ1n) is 9.05. The standard InChI is InChI=1S/C20H23N7/c1-21-20(23-15-19-25-24-18-6-2-3-13-27(18)19)22-14-16-7-9-17(10-8-16)26-11-4-5-12-26/h2-10,13H,11-12,14-15H2,1H3,(H2,21,22,23). The number of hydrogen-bond acceptors (Lipinski definition) is 4. The van der Waals surface area contributed by atoms with Crippen molar-refractivity contribution < 1.29 is 0 Å². The average Bonchev–Trinajstić information content (AvgIpc) is 3.39. The summed E-state index contributed by atoms with van der Waals surface area (Å²) in [5, 5.41) is 15.0. The number of benzene rings is 1. The van der Waals surface area contributed by atoms with Crippen LogP contribution >= 0.6 is 0 Å². The normalized spacial score (nSPS) is 14.1. The minimum atomic E-state index is 0.547. The van der Waals surface area contributed by atoms with Crippen LogP contribution in [0.1, 0.15) is 11.4 Å². The zero-order valence-corrected chi connectivity index (χ0v) is 15.3. The van der Waals surface area contributed by atoms with Crippen LogP contribution in [-0.2, 0) is 13.1 Å². The van der Waals surface area contributed by atoms with Crippen molar-refractivity contribution in [2.75, 3.05) is 25.0 Å². The van der Waals surface area contributed by atoms with E-state index in [1.165, 1.54) is 11.3 Å². The van der Waals surface area contributed by atoms with E-state index in [-0.39, 0.29) is 0 Å². The molecule has 1 aromatic carbocycles. The number of pyridine rings is 1. The van der Waals surface area contributed by atoms with Crippen LogP contribution in [0.5, 0.6) is 0 Å². The smallest absolute Gasteiger partial charge is 0.191 e. The van der Waals surface area contributed by atoms with Crippen molar-refractivity contribution in [3.63, 3.8) is 0 Å². The second-order valence-corrected chi connectivity index (χ2v) is 6.37. The van der Waals surface area contributed by atoms with Crippen molar-refractivity contribution in [1.82, 2.24) is 25.2 Å². The van der Waals surface area contributed by atoms with E-state index >= 15 is 0 Å². The molecule has 3 aromatic rings. The lowest BCUT2D eigenvalue weighted by molar-refractivity contribution is 0.762. The molecule has 3 heterocycles. The molecule has 138 valence electrons. The van der Waals surface area contributed by atoms with Gasteiger partial charge in [-0.2, -0.15) is 0 Å². The van der Waals surface area contributed by atoms with Gasteiger partial charge in [0.25, 0.3) is 0 Å². The van der Waals surface area contributed by atoms with Crippen molar-refractivity contribution in [2.45, 2.75) is 13.1 Å². The minimum absolute atomic E-state index is 0.547. The third-order valence-corrected chi connectivity index (χ3v) is 4.60. The highest BCUT2D eigenvalue weighted by Gasteiger charge is 2.08. The van der Waals surface area contributed by atoms with Crippen LogP contribution in [0.4, 0.5) is 5.69 Å². The molecule has 1 aliphatic rings. The van der Waals surface area contributed by atoms with Crippen LogP contribution in [0, 0.1) is 0 Å². The maximum absolute atomic E-state index is 4.28. The summed E-state index contributed by atoms with van der Waals surface area (Å²) in [6.45, 7) is 3.24. The van der Waals surface area contributed by atoms with E-state index < -0.39 is 0 Å². The molecule has 4 rings (SSSR count). The summed E-state index contributed by atoms with van der Waals surface area (Å²) < 4.78 is 1.96. The summed E-state index contributed by atoms with van der Waals surface area (Å²) in [5.41, 5.74) is 3.30. The number of anilines is 1. The highest BCUT2D eigenvalue weighted by Crippen LogP contribution is 2.17. The zero-order chi connectivity index (χ0) is 18.5. The molecule has 0 amide bonds. The van der Waals surface area contributed by atoms with E-state index in [9.17, 15) is 0 Å². The maximum atomic E-state index is 4.28. The summed E-state index contributed by atoms with van der Waals surface area (Å²) in [7, 11) is 1.76. The third kappa shape index (κ3) is 3.92. The van der Waals surface area contributed by atoms with Gasteiger partial charge in [0, 0.05) is 38.6 Å². The van der Waals surface area contributed by atoms with Crippen LogP contribution in [0.25, 0.3) is 5.65 Å². The molecule has 0 radical (unpaired) electrons. The number of nitrogens with zero attached hydrogens (tertiary/aromatic N) is 5. The monoisotopic (exact) mass is 361 g/mol. The van der Waals surface area contributed by atoms with Gasteiger partial charge in [-0.05, 0) is 29.8 Å². The molecule has 1 aliphatic heterocycles. The SMILES string of the molecule is CN=C(NCc1ccc(N2CC=CC2)cc1)NCc1nnc2ccccn12. The Bertz CT molecular complexity index is 948. The Labute approximate surface area is 158 Å². The molecule has 0 bridgehead atoms. The molecule has 7 heteroatoms. The third-order valence-electron chi connectivity index (χ3n) is 4.60. The second-order valence-electron chi connectivity index (χ2n) is 6.37. The highest BCUT2D eigenvalue weighted by molar-refractivity contribution is 5.79. The molecule has 0 saturated carbocycles. The summed E-state index contributed by atoms with van der Waals surface area (Å²) in [4.78, 5) is 6.62. The Balaban J connectivity index is 1.31. The molecule has 0 unspecified atom stereocenters. The Morgan fingerprint density at radius 1 is 1.00 bits per heavy atom. The molecule has 7 nitrogen and oxygen atoms in total. The number of guanidine groups is 1. The van der Waals surface area contributed by atoms with Gasteiger partial charge in [0.2, 0.25) is 0 Å². The maximum Gasteiger partial charge on any atom is 0.191 e. The fourth-order valence-corrected chi connectivity index (χ4v) is 3.09. The summed E-state index contributed by atoms with van der Waals surface area (Å²) >= 11 is 0. The lowest BCUT2D eigenvalue weighted by Crippen LogP contribution is -2.36. The number of hydrogen-bond donors (Lipinski definition) is 2. The van der Waals surface area contributed by atoms with E-state index in [0.29, 0.717) is 13.1 Å². The van der Waals surface area contributed by atoms with Gasteiger partial charge in [0.1, 0.15) is 0 Å². The van der Waals surface area contributed by atoms with Crippen LogP contribution in [0.15, 0.2) is 65.8 Å². The van der Waals surface area contributed by atoms with Crippen LogP contribution in [-0.4, -0.2) is 40.7 Å². The molecule has 0 spiro atoms. The predicted octanol–water partition coefficient (Wildman–Crippen LogP) is 1.97. The first-order chi connectivity index (χ1) is 13.3. The largest absolute Gasteiger partial charge is 0.364 e. The summed E-state index contributed by atoms with van der Waals surface area (Å²) in [6, 6.07) is 14.5. The van der Waals surface area contributed by atoms with E-state index in [0.717, 1.165) is 30.5 Å². The quantitative estimate of drug-likeness (QED) is 0.413. The van der Waals surface area contributed by atoms with Crippen molar-refractivity contribution in [2.24, 2.45) is 4.99 Å². The van der Waals surface area contributed by atoms with E-state index in [4.69, 9.17) is 0 Å². The van der Waals surface area contributed by atoms with Crippen LogP contribution < -0.4 is 15.5 Å². The topological polar surface area (TPSA) is 69.8 Å². The van der Waals surface area contributed by atoms with Gasteiger partial charge in [0.05, 0.1) is 6.54 Å². The Morgan fingerprint density at radius 3 is 2.56 bits per heavy atom. The lowest BCUT2D eigenvalue weighted by Gasteiger charge is -2.18. The number of fused-ring (bicyclic) bond motifs is 1. The molecule has 0 aliphatic carbocycles. The first kappa shape index (κ1) is 17.1. The fraction of sp³-hybridized carbons (Fsp3) is 0.250. The molecule has 0 atom stereocenters. The number of rotatable bonds is 5. The van der Waals surface area contributed by atoms with Crippen molar-refractivity contribution >= 4 is 17.3 Å². The molecule has 0 fully saturated rings. The van der Waals surface area contributed by atoms with Gasteiger partial charge in [-0.3, -0.25) is 9.39 Å². The molecule has 27 heavy (non-hydrogen) atoms. The van der Waals surface area contributed by atoms with E-state index in [2.05, 4.69) is 67.1 Å². The summed E-state index contributed by atoms with van der Waals surface area (Å²) in [5.74, 6) is 1.58. The molecular weight excluding hydrogens is 338 g/mol. The number of aromatic nitrogens is 3. The van der Waals surface area contributed by atoms with Gasteiger partial charge in [-0.15, -0.1) is 10.2 Å². The zero-order valence-electron chi connectivity index (χ0n) is 15.3. The van der Waals surface area contributed by atoms with Crippen LogP contribution in [0.3, 0.4) is 0 Å². The van der Waals surface area contributed by atoms with E-state index in [1.54, 1.807) is 7.05 Å². The first-order valence-corrected chi connectivity index (χ1v) is 9.05. The molecule has 2 N–H and O–H groups in total. The van der Waals surface area contributed by atoms with Crippen molar-refractivity contribution in [3.05, 3.63) is 72.2 Å². The Hall–Kier alpha value is -3.35. The fourth-order valence-electron chi connectivity index (χ4n) is 3.09. The number of nitrogens with one attached hydrogen (secondary N) is 2. The van der Waals surface area contributed by atoms with E-state index in [1.807, 2.05) is 28.8 Å². The molecular formula is C20H23N7. The van der Waals surface area contributed by atoms with Crippen molar-refractivity contribution in [3.8, 4) is 0 Å². The number of aliphatic imine (C=N–C) groups is 1. The predicted molar refractivity (Wildman–Crippen MR) is 108 cm³/mol. The van der Waals surface area contributed by atoms with Gasteiger partial charge >= 0.3 is 0 Å². The lowest BCUT2D eigenvalue weighted by atomic mass is 10.2. The Kier molecular flexibility index (Phi) is 5.00. The van der Waals surface area contributed by atoms with Crippen molar-refractivity contribution in [1.29, 1.82) is 0 Å². The van der Waals surface area contributed by atoms with Gasteiger partial charge in [-0.25, -0.2) is 0 Å². The highest BCUT2D eigenvalue weighted by atomic mass is 15.3. The Morgan fingerprint density at radius 2 is 1.78 bits per heavy atom. The summed E-state index contributed by atoms with van der Waals surface area (Å²) in [6.07, 6.45) is 6.35. The van der Waals surface area contributed by atoms with Crippen LogP contribution in [0.2, 0.25) is 0 Å². The van der Waals surface area contributed by atoms with Gasteiger partial charge < -0.3 is 15.5 Å². The molecule has 0 saturated heterocycles. The van der Waals surface area contributed by atoms with Gasteiger partial charge in [0.15, 0.2) is 17.4 Å². The molecule has 2 aromatic heterocycles.